The van der Waals surface area contributed by atoms with E-state index in [1.54, 1.807) is 19.1 Å². The summed E-state index contributed by atoms with van der Waals surface area (Å²) in [4.78, 5) is 25.0. The first-order valence-electron chi connectivity index (χ1n) is 13.7. The zero-order valence-electron chi connectivity index (χ0n) is 23.8. The SMILES string of the molecule is C=C1CO[C@@]2(O)C3O[C@@]34[C@@H](OC(=O)/C=C/C=C/C=C/C(C)=C/C(C)CC)[C@H](OC(C)=O)C[C@](C)(O)[C@]4(C)C[C@H]12. The van der Waals surface area contributed by atoms with Crippen molar-refractivity contribution in [3.63, 3.8) is 0 Å². The van der Waals surface area contributed by atoms with Crippen LogP contribution in [0.3, 0.4) is 0 Å². The van der Waals surface area contributed by atoms with Crippen LogP contribution in [0.15, 0.2) is 60.3 Å². The quantitative estimate of drug-likeness (QED) is 0.155. The number of allylic oxidation sites excluding steroid dienone is 7. The first-order valence-corrected chi connectivity index (χ1v) is 13.7. The van der Waals surface area contributed by atoms with Gasteiger partial charge in [-0.25, -0.2) is 4.79 Å². The molecule has 0 amide bonds. The Morgan fingerprint density at radius 2 is 1.77 bits per heavy atom. The fourth-order valence-corrected chi connectivity index (χ4v) is 6.70. The zero-order chi connectivity index (χ0) is 28.8. The normalized spacial score (nSPS) is 42.4. The highest BCUT2D eigenvalue weighted by Crippen LogP contribution is 2.73. The number of rotatable bonds is 8. The minimum absolute atomic E-state index is 0.0370. The van der Waals surface area contributed by atoms with E-state index < -0.39 is 58.6 Å². The number of aliphatic hydroxyl groups is 2. The van der Waals surface area contributed by atoms with Crippen molar-refractivity contribution < 1.29 is 38.7 Å². The Bertz CT molecular complexity index is 1130. The molecule has 0 aromatic rings. The molecule has 0 bridgehead atoms. The minimum atomic E-state index is -1.66. The van der Waals surface area contributed by atoms with Crippen LogP contribution in [0.1, 0.15) is 60.8 Å². The monoisotopic (exact) mass is 542 g/mol. The van der Waals surface area contributed by atoms with E-state index in [0.717, 1.165) is 17.6 Å². The molecule has 2 unspecified atom stereocenters. The molecule has 8 heteroatoms. The van der Waals surface area contributed by atoms with E-state index in [2.05, 4.69) is 26.5 Å². The van der Waals surface area contributed by atoms with Crippen molar-refractivity contribution in [3.05, 3.63) is 60.3 Å². The van der Waals surface area contributed by atoms with Gasteiger partial charge in [0.15, 0.2) is 6.10 Å². The molecule has 1 spiro atoms. The predicted octanol–water partition coefficient (Wildman–Crippen LogP) is 4.08. The third-order valence-electron chi connectivity index (χ3n) is 9.20. The lowest BCUT2D eigenvalue weighted by atomic mass is 9.48. The number of carbonyl (C=O) groups is 2. The number of hydrogen-bond acceptors (Lipinski definition) is 8. The molecule has 2 N–H and O–H groups in total. The first-order chi connectivity index (χ1) is 18.2. The summed E-state index contributed by atoms with van der Waals surface area (Å²) < 4.78 is 23.4. The Balaban J connectivity index is 1.55. The Hall–Kier alpha value is -2.52. The summed E-state index contributed by atoms with van der Waals surface area (Å²) in [6, 6.07) is 0. The van der Waals surface area contributed by atoms with Crippen LogP contribution in [0.2, 0.25) is 0 Å². The van der Waals surface area contributed by atoms with Gasteiger partial charge in [0.25, 0.3) is 0 Å². The molecule has 2 heterocycles. The first kappa shape index (κ1) is 29.5. The molecule has 0 radical (unpaired) electrons. The van der Waals surface area contributed by atoms with Crippen molar-refractivity contribution in [1.82, 2.24) is 0 Å². The van der Waals surface area contributed by atoms with Gasteiger partial charge in [0.2, 0.25) is 5.79 Å². The van der Waals surface area contributed by atoms with Gasteiger partial charge in [-0.05, 0) is 31.8 Å². The maximum absolute atomic E-state index is 13.0. The molecule has 4 aliphatic rings. The Morgan fingerprint density at radius 3 is 2.41 bits per heavy atom. The molecule has 2 aliphatic carbocycles. The molecule has 214 valence electrons. The third kappa shape index (κ3) is 4.97. The van der Waals surface area contributed by atoms with Crippen LogP contribution in [0.4, 0.5) is 0 Å². The number of epoxide rings is 1. The van der Waals surface area contributed by atoms with Crippen molar-refractivity contribution in [3.8, 4) is 0 Å². The smallest absolute Gasteiger partial charge is 0.331 e. The van der Waals surface area contributed by atoms with Crippen LogP contribution in [0.25, 0.3) is 0 Å². The highest BCUT2D eigenvalue weighted by molar-refractivity contribution is 5.82. The molecular formula is C31H42O8. The molecule has 0 aromatic carbocycles. The van der Waals surface area contributed by atoms with Crippen LogP contribution >= 0.6 is 0 Å². The molecular weight excluding hydrogens is 500 g/mol. The van der Waals surface area contributed by atoms with Gasteiger partial charge < -0.3 is 29.2 Å². The number of ether oxygens (including phenoxy) is 4. The maximum Gasteiger partial charge on any atom is 0.331 e. The Morgan fingerprint density at radius 1 is 1.10 bits per heavy atom. The standard InChI is InChI=1S/C31H42O8/c1-8-19(2)15-20(3)13-11-9-10-12-14-25(33)38-26-24(37-22(5)32)17-29(7,34)28(6)16-23-21(4)18-36-31(23,35)27-30(26,28)39-27/h9-15,19,23-24,26-27,34-35H,4,8,16-18H2,1-3,5-7H3/b10-9+,13-11+,14-12+,20-15+/t19?,23-,24-,26+,27?,28+,29+,30+,31-/m1/s1. The Labute approximate surface area is 231 Å². The number of fused-ring (bicyclic) bond motifs is 2. The van der Waals surface area contributed by atoms with E-state index in [-0.39, 0.29) is 13.0 Å². The summed E-state index contributed by atoms with van der Waals surface area (Å²) in [6.07, 6.45) is 11.0. The third-order valence-corrected chi connectivity index (χ3v) is 9.20. The van der Waals surface area contributed by atoms with E-state index in [1.165, 1.54) is 13.0 Å². The van der Waals surface area contributed by atoms with Crippen molar-refractivity contribution in [2.75, 3.05) is 6.61 Å². The summed E-state index contributed by atoms with van der Waals surface area (Å²) in [7, 11) is 0. The molecule has 4 fully saturated rings. The van der Waals surface area contributed by atoms with E-state index >= 15 is 0 Å². The molecule has 2 saturated heterocycles. The highest BCUT2D eigenvalue weighted by Gasteiger charge is 2.89. The summed E-state index contributed by atoms with van der Waals surface area (Å²) >= 11 is 0. The molecule has 39 heavy (non-hydrogen) atoms. The molecule has 2 aliphatic heterocycles. The van der Waals surface area contributed by atoms with Crippen molar-refractivity contribution in [2.24, 2.45) is 17.3 Å². The van der Waals surface area contributed by atoms with Crippen LogP contribution in [-0.2, 0) is 28.5 Å². The van der Waals surface area contributed by atoms with Gasteiger partial charge in [0.1, 0.15) is 17.8 Å². The van der Waals surface area contributed by atoms with Gasteiger partial charge >= 0.3 is 11.9 Å². The van der Waals surface area contributed by atoms with Crippen LogP contribution in [-0.4, -0.2) is 64.1 Å². The minimum Gasteiger partial charge on any atom is -0.458 e. The second kappa shape index (κ2) is 10.5. The summed E-state index contributed by atoms with van der Waals surface area (Å²) in [6.45, 7) is 15.4. The largest absolute Gasteiger partial charge is 0.458 e. The molecule has 8 nitrogen and oxygen atoms in total. The molecule has 9 atom stereocenters. The lowest BCUT2D eigenvalue weighted by molar-refractivity contribution is -0.265. The lowest BCUT2D eigenvalue weighted by Gasteiger charge is -2.58. The average molecular weight is 543 g/mol. The molecule has 0 aromatic heterocycles. The van der Waals surface area contributed by atoms with E-state index in [1.807, 2.05) is 32.1 Å². The van der Waals surface area contributed by atoms with Crippen LogP contribution in [0.5, 0.6) is 0 Å². The highest BCUT2D eigenvalue weighted by atomic mass is 16.7. The van der Waals surface area contributed by atoms with Crippen molar-refractivity contribution in [1.29, 1.82) is 0 Å². The van der Waals surface area contributed by atoms with Crippen molar-refractivity contribution >= 4 is 11.9 Å². The van der Waals surface area contributed by atoms with Crippen molar-refractivity contribution in [2.45, 2.75) is 96.1 Å². The van der Waals surface area contributed by atoms with Gasteiger partial charge in [-0.1, -0.05) is 75.8 Å². The Kier molecular flexibility index (Phi) is 7.91. The van der Waals surface area contributed by atoms with Gasteiger partial charge in [-0.3, -0.25) is 4.79 Å². The maximum atomic E-state index is 13.0. The van der Waals surface area contributed by atoms with Crippen LogP contribution in [0, 0.1) is 17.3 Å². The summed E-state index contributed by atoms with van der Waals surface area (Å²) in [5.41, 5.74) is -1.74. The second-order valence-electron chi connectivity index (χ2n) is 12.0. The number of esters is 2. The van der Waals surface area contributed by atoms with Gasteiger partial charge in [-0.15, -0.1) is 0 Å². The average Bonchev–Trinajstić information content (AvgIpc) is 3.56. The van der Waals surface area contributed by atoms with E-state index in [9.17, 15) is 19.8 Å². The zero-order valence-corrected chi connectivity index (χ0v) is 23.8. The van der Waals surface area contributed by atoms with Gasteiger partial charge in [0, 0.05) is 30.8 Å². The lowest BCUT2D eigenvalue weighted by Crippen LogP contribution is -2.73. The van der Waals surface area contributed by atoms with E-state index in [0.29, 0.717) is 12.3 Å². The number of carbonyl (C=O) groups excluding carboxylic acids is 2. The molecule has 4 rings (SSSR count). The predicted molar refractivity (Wildman–Crippen MR) is 145 cm³/mol. The number of hydrogen-bond donors (Lipinski definition) is 2. The molecule has 2 saturated carbocycles. The summed E-state index contributed by atoms with van der Waals surface area (Å²) in [5, 5.41) is 23.2. The van der Waals surface area contributed by atoms with Gasteiger partial charge in [0.05, 0.1) is 12.2 Å². The summed E-state index contributed by atoms with van der Waals surface area (Å²) in [5.74, 6) is -2.83. The topological polar surface area (TPSA) is 115 Å². The second-order valence-corrected chi connectivity index (χ2v) is 12.0. The fraction of sp³-hybridized carbons (Fsp3) is 0.613. The fourth-order valence-electron chi connectivity index (χ4n) is 6.70. The van der Waals surface area contributed by atoms with Crippen LogP contribution < -0.4 is 0 Å². The van der Waals surface area contributed by atoms with Gasteiger partial charge in [-0.2, -0.15) is 0 Å². The van der Waals surface area contributed by atoms with E-state index in [4.69, 9.17) is 18.9 Å².